The van der Waals surface area contributed by atoms with Crippen LogP contribution >= 0.6 is 23.7 Å². The number of rotatable bonds is 7. The van der Waals surface area contributed by atoms with E-state index in [2.05, 4.69) is 28.9 Å². The van der Waals surface area contributed by atoms with Gasteiger partial charge in [-0.3, -0.25) is 0 Å². The second kappa shape index (κ2) is 10.7. The minimum Gasteiger partial charge on any atom is -0.493 e. The molecule has 0 spiro atoms. The van der Waals surface area contributed by atoms with E-state index in [9.17, 15) is 0 Å². The Balaban J connectivity index is 0.00000225. The largest absolute Gasteiger partial charge is 0.493 e. The fourth-order valence-corrected chi connectivity index (χ4v) is 3.85. The molecule has 5 heteroatoms. The lowest BCUT2D eigenvalue weighted by atomic mass is 10.1. The summed E-state index contributed by atoms with van der Waals surface area (Å²) >= 11 is 1.71. The molecule has 25 heavy (non-hydrogen) atoms. The van der Waals surface area contributed by atoms with Gasteiger partial charge in [0.25, 0.3) is 0 Å². The predicted molar refractivity (Wildman–Crippen MR) is 107 cm³/mol. The van der Waals surface area contributed by atoms with Crippen LogP contribution in [0, 0.1) is 0 Å². The summed E-state index contributed by atoms with van der Waals surface area (Å²) in [6.07, 6.45) is 8.11. The lowest BCUT2D eigenvalue weighted by molar-refractivity contribution is 0.287. The predicted octanol–water partition coefficient (Wildman–Crippen LogP) is 5.57. The quantitative estimate of drug-likeness (QED) is 0.636. The van der Waals surface area contributed by atoms with Crippen LogP contribution < -0.4 is 14.8 Å². The van der Waals surface area contributed by atoms with Crippen molar-refractivity contribution in [2.75, 3.05) is 7.11 Å². The van der Waals surface area contributed by atoms with Crippen LogP contribution in [-0.4, -0.2) is 13.2 Å². The molecule has 1 aliphatic rings. The Morgan fingerprint density at radius 3 is 2.56 bits per heavy atom. The second-order valence-corrected chi connectivity index (χ2v) is 7.45. The van der Waals surface area contributed by atoms with Crippen molar-refractivity contribution in [3.05, 3.63) is 46.2 Å². The molecule has 1 aliphatic carbocycles. The van der Waals surface area contributed by atoms with E-state index >= 15 is 0 Å². The average molecular weight is 382 g/mol. The maximum absolute atomic E-state index is 5.90. The molecule has 138 valence electrons. The lowest BCUT2D eigenvalue weighted by Crippen LogP contribution is -2.27. The summed E-state index contributed by atoms with van der Waals surface area (Å²) in [5.74, 6) is 1.62. The zero-order chi connectivity index (χ0) is 16.6. The average Bonchev–Trinajstić information content (AvgIpc) is 3.00. The third-order valence-electron chi connectivity index (χ3n) is 4.63. The van der Waals surface area contributed by atoms with Crippen LogP contribution in [0.3, 0.4) is 0 Å². The Labute approximate surface area is 161 Å². The Kier molecular flexibility index (Phi) is 8.59. The van der Waals surface area contributed by atoms with E-state index in [0.717, 1.165) is 18.0 Å². The molecule has 0 radical (unpaired) electrons. The molecule has 1 N–H and O–H groups in total. The van der Waals surface area contributed by atoms with Crippen molar-refractivity contribution in [2.24, 2.45) is 0 Å². The molecule has 1 heterocycles. The number of thiophene rings is 1. The number of hydrogen-bond acceptors (Lipinski definition) is 4. The Hall–Kier alpha value is -1.23. The molecule has 1 saturated carbocycles. The van der Waals surface area contributed by atoms with Gasteiger partial charge in [-0.15, -0.1) is 23.7 Å². The van der Waals surface area contributed by atoms with Crippen LogP contribution in [0.5, 0.6) is 11.5 Å². The highest BCUT2D eigenvalue weighted by Crippen LogP contribution is 2.29. The summed E-state index contributed by atoms with van der Waals surface area (Å²) in [6, 6.07) is 11.0. The number of benzene rings is 1. The third kappa shape index (κ3) is 6.21. The monoisotopic (exact) mass is 381 g/mol. The number of nitrogens with one attached hydrogen (secondary N) is 1. The highest BCUT2D eigenvalue weighted by Gasteiger charge is 2.12. The molecule has 0 bridgehead atoms. The van der Waals surface area contributed by atoms with Crippen LogP contribution in [0.15, 0.2) is 35.7 Å². The molecule has 1 fully saturated rings. The van der Waals surface area contributed by atoms with E-state index in [1.54, 1.807) is 18.4 Å². The summed E-state index contributed by atoms with van der Waals surface area (Å²) in [6.45, 7) is 1.49. The first-order valence-corrected chi connectivity index (χ1v) is 9.78. The topological polar surface area (TPSA) is 30.5 Å². The summed E-state index contributed by atoms with van der Waals surface area (Å²) in [5.41, 5.74) is 1.25. The minimum absolute atomic E-state index is 0. The maximum Gasteiger partial charge on any atom is 0.161 e. The van der Waals surface area contributed by atoms with Gasteiger partial charge in [-0.25, -0.2) is 0 Å². The van der Waals surface area contributed by atoms with Crippen molar-refractivity contribution in [3.8, 4) is 11.5 Å². The van der Waals surface area contributed by atoms with E-state index < -0.39 is 0 Å². The van der Waals surface area contributed by atoms with Crippen molar-refractivity contribution in [3.63, 3.8) is 0 Å². The van der Waals surface area contributed by atoms with Gasteiger partial charge >= 0.3 is 0 Å². The number of ether oxygens (including phenoxy) is 2. The SMILES string of the molecule is COc1cc(CNC2CCCCCC2)ccc1OCc1cccs1.Cl. The zero-order valence-corrected chi connectivity index (χ0v) is 16.5. The molecule has 0 amide bonds. The Morgan fingerprint density at radius 2 is 1.88 bits per heavy atom. The third-order valence-corrected chi connectivity index (χ3v) is 5.48. The summed E-state index contributed by atoms with van der Waals surface area (Å²) in [7, 11) is 1.70. The number of hydrogen-bond donors (Lipinski definition) is 1. The van der Waals surface area contributed by atoms with Crippen molar-refractivity contribution < 1.29 is 9.47 Å². The molecule has 1 aromatic carbocycles. The van der Waals surface area contributed by atoms with Gasteiger partial charge in [0.05, 0.1) is 7.11 Å². The molecular formula is C20H28ClNO2S. The highest BCUT2D eigenvalue weighted by molar-refractivity contribution is 7.09. The smallest absolute Gasteiger partial charge is 0.161 e. The van der Waals surface area contributed by atoms with Gasteiger partial charge in [-0.2, -0.15) is 0 Å². The first-order chi connectivity index (χ1) is 11.8. The normalized spacial score (nSPS) is 15.2. The van der Waals surface area contributed by atoms with Gasteiger partial charge in [0, 0.05) is 17.5 Å². The van der Waals surface area contributed by atoms with Gasteiger partial charge in [0.15, 0.2) is 11.5 Å². The molecular weight excluding hydrogens is 354 g/mol. The van der Waals surface area contributed by atoms with Gasteiger partial charge < -0.3 is 14.8 Å². The van der Waals surface area contributed by atoms with Crippen molar-refractivity contribution in [2.45, 2.75) is 57.7 Å². The Morgan fingerprint density at radius 1 is 1.08 bits per heavy atom. The molecule has 3 rings (SSSR count). The zero-order valence-electron chi connectivity index (χ0n) is 14.8. The van der Waals surface area contributed by atoms with Crippen molar-refractivity contribution >= 4 is 23.7 Å². The van der Waals surface area contributed by atoms with Gasteiger partial charge in [-0.1, -0.05) is 37.8 Å². The summed E-state index contributed by atoms with van der Waals surface area (Å²) < 4.78 is 11.4. The van der Waals surface area contributed by atoms with Crippen LogP contribution in [0.1, 0.15) is 49.0 Å². The summed E-state index contributed by atoms with van der Waals surface area (Å²) in [4.78, 5) is 1.22. The summed E-state index contributed by atoms with van der Waals surface area (Å²) in [5, 5.41) is 5.78. The van der Waals surface area contributed by atoms with Crippen LogP contribution in [-0.2, 0) is 13.2 Å². The number of halogens is 1. The fourth-order valence-electron chi connectivity index (χ4n) is 3.23. The van der Waals surface area contributed by atoms with Gasteiger partial charge in [-0.05, 0) is 42.0 Å². The van der Waals surface area contributed by atoms with Crippen LogP contribution in [0.4, 0.5) is 0 Å². The molecule has 1 aromatic heterocycles. The lowest BCUT2D eigenvalue weighted by Gasteiger charge is -2.17. The molecule has 0 saturated heterocycles. The van der Waals surface area contributed by atoms with Gasteiger partial charge in [0.2, 0.25) is 0 Å². The van der Waals surface area contributed by atoms with Gasteiger partial charge in [0.1, 0.15) is 6.61 Å². The molecule has 3 nitrogen and oxygen atoms in total. The second-order valence-electron chi connectivity index (χ2n) is 6.42. The number of methoxy groups -OCH3 is 1. The van der Waals surface area contributed by atoms with E-state index in [1.165, 1.54) is 49.0 Å². The maximum atomic E-state index is 5.90. The van der Waals surface area contributed by atoms with E-state index in [0.29, 0.717) is 12.6 Å². The Bertz CT molecular complexity index is 610. The molecule has 2 aromatic rings. The first kappa shape index (κ1) is 20.1. The van der Waals surface area contributed by atoms with Crippen molar-refractivity contribution in [1.29, 1.82) is 0 Å². The van der Waals surface area contributed by atoms with Crippen LogP contribution in [0.2, 0.25) is 0 Å². The standard InChI is InChI=1S/C20H27NO2S.ClH/c1-22-20-13-16(14-21-17-7-4-2-3-5-8-17)10-11-19(20)23-15-18-9-6-12-24-18;/h6,9-13,17,21H,2-5,7-8,14-15H2,1H3;1H. The molecule has 0 aliphatic heterocycles. The molecule has 0 unspecified atom stereocenters. The minimum atomic E-state index is 0. The van der Waals surface area contributed by atoms with Crippen LogP contribution in [0.25, 0.3) is 0 Å². The highest BCUT2D eigenvalue weighted by atomic mass is 35.5. The van der Waals surface area contributed by atoms with E-state index in [1.807, 2.05) is 12.1 Å². The van der Waals surface area contributed by atoms with E-state index in [4.69, 9.17) is 9.47 Å². The van der Waals surface area contributed by atoms with Crippen molar-refractivity contribution in [1.82, 2.24) is 5.32 Å². The first-order valence-electron chi connectivity index (χ1n) is 8.90. The van der Waals surface area contributed by atoms with E-state index in [-0.39, 0.29) is 12.4 Å². The molecule has 0 atom stereocenters. The fraction of sp³-hybridized carbons (Fsp3) is 0.500.